The molecule has 2 rings (SSSR count). The van der Waals surface area contributed by atoms with E-state index >= 15 is 0 Å². The van der Waals surface area contributed by atoms with Crippen molar-refractivity contribution in [2.45, 2.75) is 38.3 Å². The fraction of sp³-hybridized carbons (Fsp3) is 0.571. The lowest BCUT2D eigenvalue weighted by Crippen LogP contribution is -2.23. The van der Waals surface area contributed by atoms with Crippen molar-refractivity contribution < 1.29 is 9.47 Å². The Morgan fingerprint density at radius 2 is 2.39 bits per heavy atom. The molecule has 1 saturated heterocycles. The Hall–Kier alpha value is -0.770. The molecule has 2 atom stereocenters. The van der Waals surface area contributed by atoms with Gasteiger partial charge >= 0.3 is 0 Å². The van der Waals surface area contributed by atoms with Crippen LogP contribution >= 0.6 is 11.6 Å². The van der Waals surface area contributed by atoms with Gasteiger partial charge in [0.15, 0.2) is 0 Å². The molecule has 4 heteroatoms. The monoisotopic (exact) mass is 269 g/mol. The fourth-order valence-electron chi connectivity index (χ4n) is 2.03. The lowest BCUT2D eigenvalue weighted by Gasteiger charge is -2.17. The van der Waals surface area contributed by atoms with E-state index in [-0.39, 0.29) is 12.1 Å². The molecule has 1 fully saturated rings. The molecule has 0 amide bonds. The summed E-state index contributed by atoms with van der Waals surface area (Å²) in [5, 5.41) is 0.725. The van der Waals surface area contributed by atoms with Gasteiger partial charge < -0.3 is 15.2 Å². The van der Waals surface area contributed by atoms with Gasteiger partial charge in [-0.1, -0.05) is 18.5 Å². The molecule has 1 aliphatic rings. The maximum atomic E-state index is 6.04. The summed E-state index contributed by atoms with van der Waals surface area (Å²) >= 11 is 6.04. The quantitative estimate of drug-likeness (QED) is 0.894. The van der Waals surface area contributed by atoms with Crippen LogP contribution in [0, 0.1) is 0 Å². The predicted molar refractivity (Wildman–Crippen MR) is 73.3 cm³/mol. The molecule has 1 aromatic rings. The minimum Gasteiger partial charge on any atom is -0.488 e. The molecule has 0 aromatic heterocycles. The summed E-state index contributed by atoms with van der Waals surface area (Å²) in [4.78, 5) is 0. The maximum absolute atomic E-state index is 6.04. The SMILES string of the molecule is CCC(N)Cc1cc(Cl)ccc1OC1CCOC1. The first-order valence-electron chi connectivity index (χ1n) is 6.47. The molecular formula is C14H20ClNO2. The molecule has 0 aliphatic carbocycles. The van der Waals surface area contributed by atoms with E-state index in [0.29, 0.717) is 6.61 Å². The molecule has 0 radical (unpaired) electrons. The number of nitrogens with two attached hydrogens (primary N) is 1. The lowest BCUT2D eigenvalue weighted by atomic mass is 10.0. The van der Waals surface area contributed by atoms with Crippen molar-refractivity contribution in [3.8, 4) is 5.75 Å². The van der Waals surface area contributed by atoms with Crippen LogP contribution in [0.15, 0.2) is 18.2 Å². The average Bonchev–Trinajstić information content (AvgIpc) is 2.85. The van der Waals surface area contributed by atoms with Gasteiger partial charge in [-0.2, -0.15) is 0 Å². The second kappa shape index (κ2) is 6.41. The minimum atomic E-state index is 0.144. The van der Waals surface area contributed by atoms with E-state index < -0.39 is 0 Å². The Kier molecular flexibility index (Phi) is 4.87. The van der Waals surface area contributed by atoms with Crippen LogP contribution in [0.25, 0.3) is 0 Å². The molecule has 2 N–H and O–H groups in total. The molecule has 0 spiro atoms. The van der Waals surface area contributed by atoms with Crippen molar-refractivity contribution in [3.63, 3.8) is 0 Å². The van der Waals surface area contributed by atoms with Crippen LogP contribution in [-0.4, -0.2) is 25.4 Å². The minimum absolute atomic E-state index is 0.144. The van der Waals surface area contributed by atoms with Crippen LogP contribution in [0.1, 0.15) is 25.3 Å². The third-order valence-corrected chi connectivity index (χ3v) is 3.45. The molecule has 100 valence electrons. The standard InChI is InChI=1S/C14H20ClNO2/c1-2-12(16)8-10-7-11(15)3-4-14(10)18-13-5-6-17-9-13/h3-4,7,12-13H,2,5-6,8-9,16H2,1H3. The number of ether oxygens (including phenoxy) is 2. The van der Waals surface area contributed by atoms with Crippen LogP contribution in [0.3, 0.4) is 0 Å². The van der Waals surface area contributed by atoms with Crippen molar-refractivity contribution >= 4 is 11.6 Å². The number of halogens is 1. The van der Waals surface area contributed by atoms with Gasteiger partial charge in [-0.15, -0.1) is 0 Å². The summed E-state index contributed by atoms with van der Waals surface area (Å²) in [7, 11) is 0. The highest BCUT2D eigenvalue weighted by atomic mass is 35.5. The summed E-state index contributed by atoms with van der Waals surface area (Å²) < 4.78 is 11.3. The van der Waals surface area contributed by atoms with E-state index in [0.717, 1.165) is 42.2 Å². The molecule has 3 nitrogen and oxygen atoms in total. The highest BCUT2D eigenvalue weighted by Crippen LogP contribution is 2.26. The van der Waals surface area contributed by atoms with Crippen molar-refractivity contribution in [3.05, 3.63) is 28.8 Å². The Balaban J connectivity index is 2.11. The summed E-state index contributed by atoms with van der Waals surface area (Å²) in [6, 6.07) is 5.87. The summed E-state index contributed by atoms with van der Waals surface area (Å²) in [6.07, 6.45) is 2.84. The molecule has 1 aromatic carbocycles. The predicted octanol–water partition coefficient (Wildman–Crippen LogP) is 2.79. The Bertz CT molecular complexity index is 391. The highest BCUT2D eigenvalue weighted by Gasteiger charge is 2.19. The van der Waals surface area contributed by atoms with Crippen molar-refractivity contribution in [2.24, 2.45) is 5.73 Å². The normalized spacial score (nSPS) is 20.9. The molecule has 1 heterocycles. The van der Waals surface area contributed by atoms with E-state index in [1.807, 2.05) is 18.2 Å². The zero-order valence-electron chi connectivity index (χ0n) is 10.7. The highest BCUT2D eigenvalue weighted by molar-refractivity contribution is 6.30. The number of benzene rings is 1. The average molecular weight is 270 g/mol. The van der Waals surface area contributed by atoms with Crippen molar-refractivity contribution in [1.29, 1.82) is 0 Å². The topological polar surface area (TPSA) is 44.5 Å². The third kappa shape index (κ3) is 3.61. The van der Waals surface area contributed by atoms with E-state index in [2.05, 4.69) is 6.92 Å². The van der Waals surface area contributed by atoms with Gasteiger partial charge in [-0.25, -0.2) is 0 Å². The van der Waals surface area contributed by atoms with Gasteiger partial charge in [-0.3, -0.25) is 0 Å². The summed E-state index contributed by atoms with van der Waals surface area (Å²) in [5.74, 6) is 0.888. The molecule has 18 heavy (non-hydrogen) atoms. The first-order valence-corrected chi connectivity index (χ1v) is 6.85. The number of hydrogen-bond acceptors (Lipinski definition) is 3. The third-order valence-electron chi connectivity index (χ3n) is 3.21. The van der Waals surface area contributed by atoms with E-state index in [1.165, 1.54) is 0 Å². The number of rotatable bonds is 5. The molecular weight excluding hydrogens is 250 g/mol. The van der Waals surface area contributed by atoms with Gasteiger partial charge in [-0.05, 0) is 36.6 Å². The van der Waals surface area contributed by atoms with Gasteiger partial charge in [0, 0.05) is 17.5 Å². The summed E-state index contributed by atoms with van der Waals surface area (Å²) in [6.45, 7) is 3.53. The zero-order valence-corrected chi connectivity index (χ0v) is 11.5. The first kappa shape index (κ1) is 13.7. The van der Waals surface area contributed by atoms with E-state index in [1.54, 1.807) is 0 Å². The maximum Gasteiger partial charge on any atom is 0.124 e. The smallest absolute Gasteiger partial charge is 0.124 e. The summed E-state index contributed by atoms with van der Waals surface area (Å²) in [5.41, 5.74) is 7.10. The Labute approximate surface area is 113 Å². The second-order valence-electron chi connectivity index (χ2n) is 4.73. The lowest BCUT2D eigenvalue weighted by molar-refractivity contribution is 0.140. The van der Waals surface area contributed by atoms with Gasteiger partial charge in [0.25, 0.3) is 0 Å². The van der Waals surface area contributed by atoms with Crippen LogP contribution < -0.4 is 10.5 Å². The van der Waals surface area contributed by atoms with E-state index in [4.69, 9.17) is 26.8 Å². The van der Waals surface area contributed by atoms with Gasteiger partial charge in [0.2, 0.25) is 0 Å². The van der Waals surface area contributed by atoms with Crippen LogP contribution in [0.4, 0.5) is 0 Å². The molecule has 0 saturated carbocycles. The van der Waals surface area contributed by atoms with Crippen LogP contribution in [0.5, 0.6) is 5.75 Å². The first-order chi connectivity index (χ1) is 8.69. The Morgan fingerprint density at radius 1 is 1.56 bits per heavy atom. The fourth-order valence-corrected chi connectivity index (χ4v) is 2.23. The molecule has 1 aliphatic heterocycles. The zero-order chi connectivity index (χ0) is 13.0. The number of hydrogen-bond donors (Lipinski definition) is 1. The van der Waals surface area contributed by atoms with Crippen LogP contribution in [0.2, 0.25) is 5.02 Å². The van der Waals surface area contributed by atoms with Crippen molar-refractivity contribution in [1.82, 2.24) is 0 Å². The molecule has 0 bridgehead atoms. The van der Waals surface area contributed by atoms with E-state index in [9.17, 15) is 0 Å². The van der Waals surface area contributed by atoms with Gasteiger partial charge in [0.1, 0.15) is 11.9 Å². The molecule has 2 unspecified atom stereocenters. The van der Waals surface area contributed by atoms with Gasteiger partial charge in [0.05, 0.1) is 13.2 Å². The second-order valence-corrected chi connectivity index (χ2v) is 5.16. The Morgan fingerprint density at radius 3 is 3.06 bits per heavy atom. The largest absolute Gasteiger partial charge is 0.488 e. The van der Waals surface area contributed by atoms with Crippen molar-refractivity contribution in [2.75, 3.05) is 13.2 Å². The van der Waals surface area contributed by atoms with Crippen LogP contribution in [-0.2, 0) is 11.2 Å².